The zero-order valence-electron chi connectivity index (χ0n) is 11.0. The summed E-state index contributed by atoms with van der Waals surface area (Å²) >= 11 is 0. The first kappa shape index (κ1) is 11.8. The predicted octanol–water partition coefficient (Wildman–Crippen LogP) is 0.441. The third kappa shape index (κ3) is 1.99. The van der Waals surface area contributed by atoms with Crippen LogP contribution >= 0.6 is 0 Å². The average molecular weight is 257 g/mol. The third-order valence-corrected chi connectivity index (χ3v) is 3.50. The largest absolute Gasteiger partial charge is 0.336 e. The molecule has 3 heterocycles. The van der Waals surface area contributed by atoms with Gasteiger partial charge in [-0.1, -0.05) is 0 Å². The second-order valence-corrected chi connectivity index (χ2v) is 4.67. The van der Waals surface area contributed by atoms with Crippen molar-refractivity contribution in [2.75, 3.05) is 11.4 Å². The fourth-order valence-corrected chi connectivity index (χ4v) is 2.31. The predicted molar refractivity (Wildman–Crippen MR) is 71.0 cm³/mol. The summed E-state index contributed by atoms with van der Waals surface area (Å²) in [6.07, 6.45) is 4.18. The van der Waals surface area contributed by atoms with E-state index in [1.54, 1.807) is 30.1 Å². The molecule has 2 aromatic rings. The maximum atomic E-state index is 12.3. The maximum Gasteiger partial charge on any atom is 0.258 e. The molecule has 0 aromatic carbocycles. The third-order valence-electron chi connectivity index (χ3n) is 3.50. The molecule has 0 bridgehead atoms. The molecular formula is C13H15N5O. The Kier molecular flexibility index (Phi) is 2.77. The van der Waals surface area contributed by atoms with Gasteiger partial charge >= 0.3 is 0 Å². The van der Waals surface area contributed by atoms with Gasteiger partial charge in [0.1, 0.15) is 5.82 Å². The fourth-order valence-electron chi connectivity index (χ4n) is 2.31. The number of nitrogens with zero attached hydrogens (tertiary/aromatic N) is 5. The van der Waals surface area contributed by atoms with Crippen molar-refractivity contribution in [2.45, 2.75) is 19.9 Å². The minimum atomic E-state index is 0.0307. The van der Waals surface area contributed by atoms with Crippen molar-refractivity contribution in [3.8, 4) is 0 Å². The topological polar surface area (TPSA) is 63.9 Å². The molecule has 19 heavy (non-hydrogen) atoms. The van der Waals surface area contributed by atoms with Crippen LogP contribution in [-0.4, -0.2) is 26.1 Å². The number of aromatic nitrogens is 4. The van der Waals surface area contributed by atoms with Crippen LogP contribution in [0.2, 0.25) is 0 Å². The molecule has 0 unspecified atom stereocenters. The highest BCUT2D eigenvalue weighted by Crippen LogP contribution is 2.17. The van der Waals surface area contributed by atoms with Gasteiger partial charge in [0.15, 0.2) is 0 Å². The van der Waals surface area contributed by atoms with Crippen LogP contribution in [0, 0.1) is 6.92 Å². The molecule has 6 heteroatoms. The molecule has 1 aliphatic rings. The summed E-state index contributed by atoms with van der Waals surface area (Å²) in [4.78, 5) is 27.2. The minimum Gasteiger partial charge on any atom is -0.336 e. The molecule has 98 valence electrons. The Morgan fingerprint density at radius 2 is 2.00 bits per heavy atom. The summed E-state index contributed by atoms with van der Waals surface area (Å²) in [6.45, 7) is 3.17. The molecule has 0 saturated carbocycles. The minimum absolute atomic E-state index is 0.0307. The average Bonchev–Trinajstić information content (AvgIpc) is 2.46. The van der Waals surface area contributed by atoms with E-state index < -0.39 is 0 Å². The van der Waals surface area contributed by atoms with Crippen LogP contribution in [0.25, 0.3) is 0 Å². The zero-order valence-corrected chi connectivity index (χ0v) is 11.0. The van der Waals surface area contributed by atoms with Gasteiger partial charge in [-0.2, -0.15) is 0 Å². The summed E-state index contributed by atoms with van der Waals surface area (Å²) in [7, 11) is 1.75. The maximum absolute atomic E-state index is 12.3. The lowest BCUT2D eigenvalue weighted by atomic mass is 10.1. The van der Waals surface area contributed by atoms with Gasteiger partial charge in [0.2, 0.25) is 5.95 Å². The van der Waals surface area contributed by atoms with E-state index >= 15 is 0 Å². The van der Waals surface area contributed by atoms with Crippen LogP contribution in [0.15, 0.2) is 23.3 Å². The quantitative estimate of drug-likeness (QED) is 0.742. The highest BCUT2D eigenvalue weighted by molar-refractivity contribution is 5.36. The van der Waals surface area contributed by atoms with Crippen molar-refractivity contribution in [2.24, 2.45) is 7.05 Å². The van der Waals surface area contributed by atoms with E-state index in [0.29, 0.717) is 12.5 Å². The number of rotatable bonds is 1. The number of hydrogen-bond donors (Lipinski definition) is 0. The number of hydrogen-bond acceptors (Lipinski definition) is 5. The van der Waals surface area contributed by atoms with Crippen LogP contribution in [-0.2, 0) is 20.0 Å². The molecule has 6 nitrogen and oxygen atoms in total. The molecule has 0 aliphatic carbocycles. The first-order chi connectivity index (χ1) is 9.16. The van der Waals surface area contributed by atoms with Gasteiger partial charge < -0.3 is 4.90 Å². The highest BCUT2D eigenvalue weighted by atomic mass is 16.1. The van der Waals surface area contributed by atoms with Gasteiger partial charge in [0.25, 0.3) is 5.56 Å². The van der Waals surface area contributed by atoms with Crippen LogP contribution in [0.5, 0.6) is 0 Å². The molecule has 3 rings (SSSR count). The van der Waals surface area contributed by atoms with Crippen molar-refractivity contribution in [3.05, 3.63) is 45.9 Å². The first-order valence-electron chi connectivity index (χ1n) is 6.24. The molecule has 0 radical (unpaired) electrons. The highest BCUT2D eigenvalue weighted by Gasteiger charge is 2.23. The molecule has 1 aliphatic heterocycles. The molecule has 0 saturated heterocycles. The van der Waals surface area contributed by atoms with Crippen molar-refractivity contribution in [1.29, 1.82) is 0 Å². The fraction of sp³-hybridized carbons (Fsp3) is 0.385. The Bertz CT molecular complexity index is 665. The van der Waals surface area contributed by atoms with E-state index in [4.69, 9.17) is 0 Å². The Morgan fingerprint density at radius 3 is 2.74 bits per heavy atom. The number of anilines is 1. The van der Waals surface area contributed by atoms with E-state index in [0.717, 1.165) is 30.0 Å². The molecule has 0 fully saturated rings. The number of aryl methyl sites for hydroxylation is 1. The van der Waals surface area contributed by atoms with Gasteiger partial charge in [0.05, 0.1) is 17.8 Å². The SMILES string of the molecule is Cc1nc2c(c(=O)n1C)CN(c1ncccn1)CC2. The van der Waals surface area contributed by atoms with Gasteiger partial charge in [-0.15, -0.1) is 0 Å². The molecule has 0 spiro atoms. The van der Waals surface area contributed by atoms with Gasteiger partial charge in [0, 0.05) is 32.4 Å². The van der Waals surface area contributed by atoms with Crippen LogP contribution in [0.3, 0.4) is 0 Å². The monoisotopic (exact) mass is 257 g/mol. The lowest BCUT2D eigenvalue weighted by Gasteiger charge is -2.28. The Morgan fingerprint density at radius 1 is 1.26 bits per heavy atom. The van der Waals surface area contributed by atoms with Gasteiger partial charge in [-0.25, -0.2) is 15.0 Å². The summed E-state index contributed by atoms with van der Waals surface area (Å²) in [5, 5.41) is 0. The first-order valence-corrected chi connectivity index (χ1v) is 6.24. The Balaban J connectivity index is 2.01. The van der Waals surface area contributed by atoms with E-state index in [9.17, 15) is 4.79 Å². The van der Waals surface area contributed by atoms with Crippen molar-refractivity contribution < 1.29 is 0 Å². The molecule has 0 N–H and O–H groups in total. The van der Waals surface area contributed by atoms with Crippen LogP contribution in [0.1, 0.15) is 17.1 Å². The molecular weight excluding hydrogens is 242 g/mol. The Hall–Kier alpha value is -2.24. The van der Waals surface area contributed by atoms with E-state index in [1.165, 1.54) is 0 Å². The van der Waals surface area contributed by atoms with Gasteiger partial charge in [-0.3, -0.25) is 9.36 Å². The van der Waals surface area contributed by atoms with Crippen molar-refractivity contribution in [1.82, 2.24) is 19.5 Å². The van der Waals surface area contributed by atoms with Crippen LogP contribution in [0.4, 0.5) is 5.95 Å². The van der Waals surface area contributed by atoms with Crippen molar-refractivity contribution >= 4 is 5.95 Å². The van der Waals surface area contributed by atoms with E-state index in [1.807, 2.05) is 11.8 Å². The summed E-state index contributed by atoms with van der Waals surface area (Å²) in [6, 6.07) is 1.78. The standard InChI is InChI=1S/C13H15N5O/c1-9-16-11-4-7-18(13-14-5-3-6-15-13)8-10(11)12(19)17(9)2/h3,5-6H,4,7-8H2,1-2H3. The molecule has 0 atom stereocenters. The van der Waals surface area contributed by atoms with E-state index in [-0.39, 0.29) is 5.56 Å². The van der Waals surface area contributed by atoms with Crippen LogP contribution < -0.4 is 10.5 Å². The normalized spacial score (nSPS) is 14.3. The van der Waals surface area contributed by atoms with E-state index in [2.05, 4.69) is 15.0 Å². The zero-order chi connectivity index (χ0) is 13.4. The molecule has 0 amide bonds. The summed E-state index contributed by atoms with van der Waals surface area (Å²) < 4.78 is 1.59. The smallest absolute Gasteiger partial charge is 0.258 e. The lowest BCUT2D eigenvalue weighted by molar-refractivity contribution is 0.644. The Labute approximate surface area is 110 Å². The summed E-state index contributed by atoms with van der Waals surface area (Å²) in [5.41, 5.74) is 1.70. The summed E-state index contributed by atoms with van der Waals surface area (Å²) in [5.74, 6) is 1.42. The van der Waals surface area contributed by atoms with Crippen molar-refractivity contribution in [3.63, 3.8) is 0 Å². The second-order valence-electron chi connectivity index (χ2n) is 4.67. The van der Waals surface area contributed by atoms with Gasteiger partial charge in [-0.05, 0) is 13.0 Å². The number of fused-ring (bicyclic) bond motifs is 1. The molecule has 2 aromatic heterocycles. The lowest BCUT2D eigenvalue weighted by Crippen LogP contribution is -2.38. The second kappa shape index (κ2) is 4.46.